The molecule has 2 aliphatic rings. The number of amides is 2. The highest BCUT2D eigenvalue weighted by Gasteiger charge is 2.30. The van der Waals surface area contributed by atoms with Crippen molar-refractivity contribution in [1.82, 2.24) is 14.5 Å². The minimum atomic E-state index is -0.302. The number of likely N-dealkylation sites (tertiary alicyclic amines) is 1. The molecule has 142 valence electrons. The number of benzene rings is 1. The predicted molar refractivity (Wildman–Crippen MR) is 104 cm³/mol. The van der Waals surface area contributed by atoms with E-state index in [1.54, 1.807) is 12.1 Å². The van der Waals surface area contributed by atoms with Crippen LogP contribution in [0.15, 0.2) is 18.2 Å². The second kappa shape index (κ2) is 7.35. The number of hydrogen-bond acceptors (Lipinski definition) is 3. The summed E-state index contributed by atoms with van der Waals surface area (Å²) in [7, 11) is 0. The van der Waals surface area contributed by atoms with E-state index in [4.69, 9.17) is 11.6 Å². The highest BCUT2D eigenvalue weighted by atomic mass is 35.5. The Hall–Kier alpha value is -2.34. The SMILES string of the molecule is Cc1c(Cl)cccc1NC(=O)c1nc(C(=O)N2CCCC2)c2n1CCCC2. The summed E-state index contributed by atoms with van der Waals surface area (Å²) < 4.78 is 1.92. The molecule has 4 rings (SSSR count). The van der Waals surface area contributed by atoms with Gasteiger partial charge in [-0.25, -0.2) is 4.98 Å². The van der Waals surface area contributed by atoms with Gasteiger partial charge in [0.1, 0.15) is 5.69 Å². The number of hydrogen-bond donors (Lipinski definition) is 1. The van der Waals surface area contributed by atoms with E-state index in [0.717, 1.165) is 56.5 Å². The van der Waals surface area contributed by atoms with Crippen LogP contribution in [0.2, 0.25) is 5.02 Å². The lowest BCUT2D eigenvalue weighted by molar-refractivity contribution is 0.0786. The molecule has 0 spiro atoms. The van der Waals surface area contributed by atoms with Gasteiger partial charge >= 0.3 is 0 Å². The maximum Gasteiger partial charge on any atom is 0.291 e. The highest BCUT2D eigenvalue weighted by molar-refractivity contribution is 6.31. The normalized spacial score (nSPS) is 16.3. The zero-order valence-electron chi connectivity index (χ0n) is 15.4. The van der Waals surface area contributed by atoms with Gasteiger partial charge in [-0.3, -0.25) is 9.59 Å². The molecule has 2 amide bonds. The number of nitrogens with one attached hydrogen (secondary N) is 1. The third-order valence-electron chi connectivity index (χ3n) is 5.43. The largest absolute Gasteiger partial charge is 0.337 e. The van der Waals surface area contributed by atoms with Crippen molar-refractivity contribution in [3.8, 4) is 0 Å². The van der Waals surface area contributed by atoms with Crippen LogP contribution < -0.4 is 5.32 Å². The van der Waals surface area contributed by atoms with Gasteiger partial charge in [-0.1, -0.05) is 17.7 Å². The van der Waals surface area contributed by atoms with Gasteiger partial charge in [0.05, 0.1) is 5.69 Å². The summed E-state index contributed by atoms with van der Waals surface area (Å²) >= 11 is 6.15. The molecule has 0 saturated carbocycles. The van der Waals surface area contributed by atoms with E-state index in [9.17, 15) is 9.59 Å². The second-order valence-corrected chi connectivity index (χ2v) is 7.61. The smallest absolute Gasteiger partial charge is 0.291 e. The van der Waals surface area contributed by atoms with E-state index in [1.807, 2.05) is 22.5 Å². The zero-order chi connectivity index (χ0) is 19.0. The summed E-state index contributed by atoms with van der Waals surface area (Å²) in [4.78, 5) is 32.2. The number of carbonyl (C=O) groups excluding carboxylic acids is 2. The van der Waals surface area contributed by atoms with Crippen molar-refractivity contribution in [3.63, 3.8) is 0 Å². The quantitative estimate of drug-likeness (QED) is 0.875. The lowest BCUT2D eigenvalue weighted by Crippen LogP contribution is -2.29. The average Bonchev–Trinajstić information content (AvgIpc) is 3.33. The van der Waals surface area contributed by atoms with Crippen LogP contribution in [0, 0.1) is 6.92 Å². The first-order chi connectivity index (χ1) is 13.1. The molecule has 7 heteroatoms. The molecule has 3 heterocycles. The standard InChI is InChI=1S/C20H23ClN4O2/c1-13-14(21)7-6-8-15(13)22-19(26)18-23-17(16-9-2-3-12-25(16)18)20(27)24-10-4-5-11-24/h6-8H,2-5,9-12H2,1H3,(H,22,26). The molecule has 0 radical (unpaired) electrons. The molecule has 0 aliphatic carbocycles. The van der Waals surface area contributed by atoms with Crippen LogP contribution >= 0.6 is 11.6 Å². The van der Waals surface area contributed by atoms with E-state index in [1.165, 1.54) is 0 Å². The number of fused-ring (bicyclic) bond motifs is 1. The fourth-order valence-corrected chi connectivity index (χ4v) is 4.05. The Kier molecular flexibility index (Phi) is 4.91. The summed E-state index contributed by atoms with van der Waals surface area (Å²) in [5.74, 6) is -0.0354. The van der Waals surface area contributed by atoms with E-state index < -0.39 is 0 Å². The van der Waals surface area contributed by atoms with Gasteiger partial charge in [0.15, 0.2) is 5.82 Å². The van der Waals surface area contributed by atoms with Crippen LogP contribution in [0.25, 0.3) is 0 Å². The molecule has 2 aromatic rings. The number of halogens is 1. The molecule has 0 bridgehead atoms. The van der Waals surface area contributed by atoms with Gasteiger partial charge < -0.3 is 14.8 Å². The average molecular weight is 387 g/mol. The lowest BCUT2D eigenvalue weighted by Gasteiger charge is -2.19. The summed E-state index contributed by atoms with van der Waals surface area (Å²) in [5, 5.41) is 3.51. The van der Waals surface area contributed by atoms with Crippen LogP contribution in [0.1, 0.15) is 58.0 Å². The molecule has 1 fully saturated rings. The Morgan fingerprint density at radius 3 is 2.63 bits per heavy atom. The maximum absolute atomic E-state index is 12.9. The molecule has 1 N–H and O–H groups in total. The predicted octanol–water partition coefficient (Wildman–Crippen LogP) is 3.67. The molecule has 1 saturated heterocycles. The van der Waals surface area contributed by atoms with Crippen molar-refractivity contribution >= 4 is 29.1 Å². The Labute approximate surface area is 163 Å². The highest BCUT2D eigenvalue weighted by Crippen LogP contribution is 2.26. The minimum absolute atomic E-state index is 0.0452. The zero-order valence-corrected chi connectivity index (χ0v) is 16.2. The number of nitrogens with zero attached hydrogens (tertiary/aromatic N) is 3. The van der Waals surface area contributed by atoms with Crippen molar-refractivity contribution in [2.24, 2.45) is 0 Å². The number of imidazole rings is 1. The van der Waals surface area contributed by atoms with E-state index >= 15 is 0 Å². The van der Waals surface area contributed by atoms with Crippen LogP contribution in [0.3, 0.4) is 0 Å². The van der Waals surface area contributed by atoms with Gasteiger partial charge in [-0.15, -0.1) is 0 Å². The van der Waals surface area contributed by atoms with Crippen molar-refractivity contribution in [1.29, 1.82) is 0 Å². The van der Waals surface area contributed by atoms with Gasteiger partial charge in [0.25, 0.3) is 11.8 Å². The molecular formula is C20H23ClN4O2. The monoisotopic (exact) mass is 386 g/mol. The maximum atomic E-state index is 12.9. The Balaban J connectivity index is 1.67. The molecule has 1 aromatic carbocycles. The van der Waals surface area contributed by atoms with E-state index in [-0.39, 0.29) is 11.8 Å². The molecule has 6 nitrogen and oxygen atoms in total. The Morgan fingerprint density at radius 1 is 1.11 bits per heavy atom. The van der Waals surface area contributed by atoms with E-state index in [2.05, 4.69) is 10.3 Å². The number of carbonyl (C=O) groups is 2. The van der Waals surface area contributed by atoms with Gasteiger partial charge in [-0.2, -0.15) is 0 Å². The number of anilines is 1. The number of rotatable bonds is 3. The fourth-order valence-electron chi connectivity index (χ4n) is 3.88. The van der Waals surface area contributed by atoms with Crippen LogP contribution in [0.4, 0.5) is 5.69 Å². The van der Waals surface area contributed by atoms with Crippen LogP contribution in [-0.4, -0.2) is 39.4 Å². The Bertz CT molecular complexity index is 900. The first-order valence-electron chi connectivity index (χ1n) is 9.51. The second-order valence-electron chi connectivity index (χ2n) is 7.21. The third-order valence-corrected chi connectivity index (χ3v) is 5.84. The Morgan fingerprint density at radius 2 is 1.85 bits per heavy atom. The van der Waals surface area contributed by atoms with E-state index in [0.29, 0.717) is 28.8 Å². The molecule has 27 heavy (non-hydrogen) atoms. The van der Waals surface area contributed by atoms with Crippen molar-refractivity contribution < 1.29 is 9.59 Å². The lowest BCUT2D eigenvalue weighted by atomic mass is 10.1. The number of aromatic nitrogens is 2. The van der Waals surface area contributed by atoms with Gasteiger partial charge in [0, 0.05) is 30.3 Å². The van der Waals surface area contributed by atoms with Gasteiger partial charge in [0.2, 0.25) is 0 Å². The summed E-state index contributed by atoms with van der Waals surface area (Å²) in [6, 6.07) is 5.40. The van der Waals surface area contributed by atoms with Gasteiger partial charge in [-0.05, 0) is 56.7 Å². The van der Waals surface area contributed by atoms with Crippen molar-refractivity contribution in [3.05, 3.63) is 46.0 Å². The molecule has 2 aliphatic heterocycles. The first kappa shape index (κ1) is 18.0. The van der Waals surface area contributed by atoms with Crippen molar-refractivity contribution in [2.75, 3.05) is 18.4 Å². The third kappa shape index (κ3) is 3.34. The summed E-state index contributed by atoms with van der Waals surface area (Å²) in [5.41, 5.74) is 2.81. The molecule has 0 atom stereocenters. The van der Waals surface area contributed by atoms with Crippen molar-refractivity contribution in [2.45, 2.75) is 45.6 Å². The topological polar surface area (TPSA) is 67.2 Å². The first-order valence-corrected chi connectivity index (χ1v) is 9.89. The minimum Gasteiger partial charge on any atom is -0.337 e. The van der Waals surface area contributed by atoms with Crippen LogP contribution in [-0.2, 0) is 13.0 Å². The molecule has 0 unspecified atom stereocenters. The van der Waals surface area contributed by atoms with Crippen LogP contribution in [0.5, 0.6) is 0 Å². The summed E-state index contributed by atoms with van der Waals surface area (Å²) in [6.45, 7) is 4.12. The molecular weight excluding hydrogens is 364 g/mol. The summed E-state index contributed by atoms with van der Waals surface area (Å²) in [6.07, 6.45) is 4.84. The molecule has 1 aromatic heterocycles. The fraction of sp³-hybridized carbons (Fsp3) is 0.450.